The first kappa shape index (κ1) is 9.00. The Hall–Kier alpha value is -0.570. The van der Waals surface area contributed by atoms with Crippen molar-refractivity contribution in [1.29, 1.82) is 0 Å². The van der Waals surface area contributed by atoms with E-state index in [0.29, 0.717) is 18.1 Å². The summed E-state index contributed by atoms with van der Waals surface area (Å²) in [5, 5.41) is 2.93. The first-order valence-electron chi connectivity index (χ1n) is 5.23. The molecule has 3 heteroatoms. The molecular weight excluding hydrogens is 164 g/mol. The highest BCUT2D eigenvalue weighted by atomic mass is 16.1. The molecule has 2 bridgehead atoms. The first-order chi connectivity index (χ1) is 6.31. The van der Waals surface area contributed by atoms with Crippen molar-refractivity contribution in [3.05, 3.63) is 0 Å². The van der Waals surface area contributed by atoms with E-state index in [9.17, 15) is 4.79 Å². The summed E-state index contributed by atoms with van der Waals surface area (Å²) in [7, 11) is 2.23. The second-order valence-electron chi connectivity index (χ2n) is 4.36. The minimum absolute atomic E-state index is 0.434. The second-order valence-corrected chi connectivity index (χ2v) is 4.36. The van der Waals surface area contributed by atoms with E-state index < -0.39 is 0 Å². The van der Waals surface area contributed by atoms with Gasteiger partial charge in [0, 0.05) is 18.1 Å². The fraction of sp³-hybridized carbons (Fsp3) is 0.900. The summed E-state index contributed by atoms with van der Waals surface area (Å²) < 4.78 is 0. The van der Waals surface area contributed by atoms with Crippen LogP contribution in [0.2, 0.25) is 0 Å². The largest absolute Gasteiger partial charge is 0.356 e. The van der Waals surface area contributed by atoms with Gasteiger partial charge in [0.2, 0.25) is 6.41 Å². The number of hydrogen-bond donors (Lipinski definition) is 1. The zero-order valence-electron chi connectivity index (χ0n) is 8.20. The highest BCUT2D eigenvalue weighted by Gasteiger charge is 2.35. The molecule has 2 fully saturated rings. The van der Waals surface area contributed by atoms with Crippen LogP contribution in [0.1, 0.15) is 32.1 Å². The Kier molecular flexibility index (Phi) is 2.54. The summed E-state index contributed by atoms with van der Waals surface area (Å²) in [5.74, 6) is 0. The third-order valence-corrected chi connectivity index (χ3v) is 3.64. The molecule has 0 aliphatic carbocycles. The third-order valence-electron chi connectivity index (χ3n) is 3.64. The lowest BCUT2D eigenvalue weighted by Gasteiger charge is -2.46. The van der Waals surface area contributed by atoms with Crippen LogP contribution in [0.25, 0.3) is 0 Å². The molecule has 2 saturated heterocycles. The minimum Gasteiger partial charge on any atom is -0.356 e. The van der Waals surface area contributed by atoms with Crippen LogP contribution < -0.4 is 5.32 Å². The number of rotatable bonds is 2. The molecule has 0 saturated carbocycles. The predicted molar refractivity (Wildman–Crippen MR) is 51.4 cm³/mol. The lowest BCUT2D eigenvalue weighted by atomic mass is 9.82. The van der Waals surface area contributed by atoms with Gasteiger partial charge >= 0.3 is 0 Å². The number of amides is 1. The Morgan fingerprint density at radius 2 is 1.92 bits per heavy atom. The van der Waals surface area contributed by atoms with Crippen molar-refractivity contribution in [2.45, 2.75) is 50.2 Å². The summed E-state index contributed by atoms with van der Waals surface area (Å²) >= 11 is 0. The van der Waals surface area contributed by atoms with Crippen LogP contribution in [0.15, 0.2) is 0 Å². The molecule has 2 heterocycles. The predicted octanol–water partition coefficient (Wildman–Crippen LogP) is 0.748. The number of fused-ring (bicyclic) bond motifs is 2. The van der Waals surface area contributed by atoms with Crippen LogP contribution in [-0.4, -0.2) is 36.5 Å². The number of nitrogens with one attached hydrogen (secondary N) is 1. The molecule has 2 aliphatic heterocycles. The van der Waals surface area contributed by atoms with Gasteiger partial charge in [0.05, 0.1) is 0 Å². The van der Waals surface area contributed by atoms with E-state index in [1.165, 1.54) is 19.3 Å². The molecular formula is C10H18N2O. The summed E-state index contributed by atoms with van der Waals surface area (Å²) in [4.78, 5) is 12.9. The monoisotopic (exact) mass is 182 g/mol. The van der Waals surface area contributed by atoms with E-state index in [2.05, 4.69) is 17.3 Å². The van der Waals surface area contributed by atoms with Crippen molar-refractivity contribution in [3.8, 4) is 0 Å². The van der Waals surface area contributed by atoms with E-state index in [0.717, 1.165) is 19.3 Å². The second kappa shape index (κ2) is 3.66. The van der Waals surface area contributed by atoms with Crippen molar-refractivity contribution in [2.75, 3.05) is 7.05 Å². The summed E-state index contributed by atoms with van der Waals surface area (Å²) in [6.07, 6.45) is 7.13. The van der Waals surface area contributed by atoms with Crippen LogP contribution in [0.4, 0.5) is 0 Å². The van der Waals surface area contributed by atoms with Gasteiger partial charge in [0.15, 0.2) is 0 Å². The fourth-order valence-corrected chi connectivity index (χ4v) is 2.85. The number of hydrogen-bond acceptors (Lipinski definition) is 2. The number of carbonyl (C=O) groups excluding carboxylic acids is 1. The maximum Gasteiger partial charge on any atom is 0.207 e. The van der Waals surface area contributed by atoms with E-state index >= 15 is 0 Å². The highest BCUT2D eigenvalue weighted by molar-refractivity contribution is 5.46. The van der Waals surface area contributed by atoms with Gasteiger partial charge in [-0.3, -0.25) is 4.79 Å². The normalized spacial score (nSPS) is 39.9. The quantitative estimate of drug-likeness (QED) is 0.639. The van der Waals surface area contributed by atoms with Crippen molar-refractivity contribution < 1.29 is 4.79 Å². The maximum absolute atomic E-state index is 10.3. The van der Waals surface area contributed by atoms with Gasteiger partial charge in [0.1, 0.15) is 0 Å². The standard InChI is InChI=1S/C10H18N2O/c1-12-9-3-2-4-10(12)6-8(5-9)11-7-13/h7-10H,2-6H2,1H3,(H,11,13)/t8?,9-,10+. The molecule has 13 heavy (non-hydrogen) atoms. The van der Waals surface area contributed by atoms with Crippen molar-refractivity contribution >= 4 is 6.41 Å². The zero-order valence-corrected chi connectivity index (χ0v) is 8.20. The Morgan fingerprint density at radius 1 is 1.31 bits per heavy atom. The molecule has 1 N–H and O–H groups in total. The Bertz CT molecular complexity index is 181. The molecule has 74 valence electrons. The Labute approximate surface area is 79.5 Å². The third kappa shape index (κ3) is 1.70. The molecule has 0 radical (unpaired) electrons. The van der Waals surface area contributed by atoms with Gasteiger partial charge in [-0.05, 0) is 32.7 Å². The van der Waals surface area contributed by atoms with E-state index in [-0.39, 0.29) is 0 Å². The van der Waals surface area contributed by atoms with Gasteiger partial charge in [-0.25, -0.2) is 0 Å². The van der Waals surface area contributed by atoms with Crippen molar-refractivity contribution in [3.63, 3.8) is 0 Å². The molecule has 0 spiro atoms. The van der Waals surface area contributed by atoms with Crippen LogP contribution >= 0.6 is 0 Å². The number of piperidine rings is 2. The molecule has 0 aromatic heterocycles. The van der Waals surface area contributed by atoms with Crippen LogP contribution in [0, 0.1) is 0 Å². The Morgan fingerprint density at radius 3 is 2.46 bits per heavy atom. The topological polar surface area (TPSA) is 32.3 Å². The first-order valence-corrected chi connectivity index (χ1v) is 5.23. The lowest BCUT2D eigenvalue weighted by molar-refractivity contribution is -0.110. The van der Waals surface area contributed by atoms with Gasteiger partial charge in [-0.15, -0.1) is 0 Å². The van der Waals surface area contributed by atoms with Gasteiger partial charge in [0.25, 0.3) is 0 Å². The van der Waals surface area contributed by atoms with Crippen LogP contribution in [-0.2, 0) is 4.79 Å². The average molecular weight is 182 g/mol. The van der Waals surface area contributed by atoms with E-state index in [1.54, 1.807) is 0 Å². The molecule has 0 aromatic rings. The summed E-state index contributed by atoms with van der Waals surface area (Å²) in [6.45, 7) is 0. The molecule has 2 rings (SSSR count). The zero-order chi connectivity index (χ0) is 9.26. The van der Waals surface area contributed by atoms with E-state index in [1.807, 2.05) is 0 Å². The number of carbonyl (C=O) groups is 1. The Balaban J connectivity index is 1.99. The van der Waals surface area contributed by atoms with Gasteiger partial charge in [-0.2, -0.15) is 0 Å². The molecule has 3 atom stereocenters. The lowest BCUT2D eigenvalue weighted by Crippen LogP contribution is -2.54. The van der Waals surface area contributed by atoms with Crippen molar-refractivity contribution in [1.82, 2.24) is 10.2 Å². The van der Waals surface area contributed by atoms with Gasteiger partial charge < -0.3 is 10.2 Å². The van der Waals surface area contributed by atoms with Gasteiger partial charge in [-0.1, -0.05) is 6.42 Å². The van der Waals surface area contributed by atoms with Crippen molar-refractivity contribution in [2.24, 2.45) is 0 Å². The van der Waals surface area contributed by atoms with Crippen LogP contribution in [0.3, 0.4) is 0 Å². The fourth-order valence-electron chi connectivity index (χ4n) is 2.85. The minimum atomic E-state index is 0.434. The summed E-state index contributed by atoms with van der Waals surface area (Å²) in [6, 6.07) is 1.86. The molecule has 2 aliphatic rings. The SMILES string of the molecule is CN1[C@@H]2CCC[C@H]1CC(NC=O)C2. The molecule has 1 unspecified atom stereocenters. The molecule has 0 aromatic carbocycles. The average Bonchev–Trinajstić information content (AvgIpc) is 2.07. The molecule has 3 nitrogen and oxygen atoms in total. The number of nitrogens with zero attached hydrogens (tertiary/aromatic N) is 1. The van der Waals surface area contributed by atoms with Crippen LogP contribution in [0.5, 0.6) is 0 Å². The van der Waals surface area contributed by atoms with E-state index in [4.69, 9.17) is 0 Å². The smallest absolute Gasteiger partial charge is 0.207 e. The highest BCUT2D eigenvalue weighted by Crippen LogP contribution is 2.32. The summed E-state index contributed by atoms with van der Waals surface area (Å²) in [5.41, 5.74) is 0. The maximum atomic E-state index is 10.3. The molecule has 1 amide bonds.